The third-order valence-electron chi connectivity index (χ3n) is 4.12. The van der Waals surface area contributed by atoms with E-state index in [4.69, 9.17) is 0 Å². The number of carbonyl (C=O) groups is 1. The molecule has 7 heteroatoms. The molecule has 1 aliphatic heterocycles. The van der Waals surface area contributed by atoms with Gasteiger partial charge in [-0.2, -0.15) is 16.5 Å². The summed E-state index contributed by atoms with van der Waals surface area (Å²) in [5, 5.41) is 1.14. The number of thioether (sulfide) groups is 1. The van der Waals surface area contributed by atoms with Gasteiger partial charge in [0.1, 0.15) is 6.04 Å². The Hall–Kier alpha value is -1.31. The highest BCUT2D eigenvalue weighted by Gasteiger charge is 2.28. The lowest BCUT2D eigenvalue weighted by Gasteiger charge is -2.30. The summed E-state index contributed by atoms with van der Waals surface area (Å²) in [4.78, 5) is 14.5. The van der Waals surface area contributed by atoms with Crippen molar-refractivity contribution >= 4 is 33.8 Å². The molecule has 1 unspecified atom stereocenters. The van der Waals surface area contributed by atoms with Gasteiger partial charge in [0.25, 0.3) is 0 Å². The van der Waals surface area contributed by atoms with Crippen molar-refractivity contribution in [3.63, 3.8) is 0 Å². The molecule has 1 atom stereocenters. The predicted octanol–water partition coefficient (Wildman–Crippen LogP) is 2.71. The van der Waals surface area contributed by atoms with Gasteiger partial charge in [0.2, 0.25) is 15.9 Å². The number of rotatable bonds is 8. The second-order valence-electron chi connectivity index (χ2n) is 6.10. The second kappa shape index (κ2) is 9.99. The average molecular weight is 383 g/mol. The van der Waals surface area contributed by atoms with Gasteiger partial charge in [-0.15, -0.1) is 0 Å². The zero-order chi connectivity index (χ0) is 18.1. The summed E-state index contributed by atoms with van der Waals surface area (Å²) in [6.07, 6.45) is 7.09. The van der Waals surface area contributed by atoms with E-state index in [0.29, 0.717) is 6.42 Å². The number of benzene rings is 1. The Balaban J connectivity index is 2.06. The average Bonchev–Trinajstić information content (AvgIpc) is 2.64. The molecule has 1 amide bonds. The van der Waals surface area contributed by atoms with E-state index in [1.165, 1.54) is 0 Å². The molecule has 1 fully saturated rings. The Morgan fingerprint density at radius 1 is 1.24 bits per heavy atom. The standard InChI is InChI=1S/C18H26N2O3S2/c1-24-14-10-17(18(21)20-12-6-3-7-13-20)19-25(22,23)15-11-16-8-4-2-5-9-16/h2,4-5,8-9,11,15,17,19H,3,6-7,10,12-14H2,1H3/b15-11+. The van der Waals surface area contributed by atoms with Crippen LogP contribution in [-0.2, 0) is 14.8 Å². The number of nitrogens with zero attached hydrogens (tertiary/aromatic N) is 1. The third kappa shape index (κ3) is 6.84. The Labute approximate surface area is 154 Å². The van der Waals surface area contributed by atoms with Gasteiger partial charge in [-0.1, -0.05) is 30.3 Å². The SMILES string of the molecule is CSCCC(NS(=O)(=O)/C=C/c1ccccc1)C(=O)N1CCCCC1. The number of amides is 1. The zero-order valence-corrected chi connectivity index (χ0v) is 16.2. The van der Waals surface area contributed by atoms with Gasteiger partial charge in [0, 0.05) is 18.5 Å². The topological polar surface area (TPSA) is 66.5 Å². The van der Waals surface area contributed by atoms with E-state index >= 15 is 0 Å². The molecule has 138 valence electrons. The highest BCUT2D eigenvalue weighted by atomic mass is 32.2. The minimum absolute atomic E-state index is 0.106. The second-order valence-corrected chi connectivity index (χ2v) is 8.68. The van der Waals surface area contributed by atoms with Crippen LogP contribution in [0.5, 0.6) is 0 Å². The smallest absolute Gasteiger partial charge is 0.240 e. The van der Waals surface area contributed by atoms with Gasteiger partial charge >= 0.3 is 0 Å². The molecule has 5 nitrogen and oxygen atoms in total. The molecule has 0 bridgehead atoms. The molecule has 1 aromatic carbocycles. The van der Waals surface area contributed by atoms with Crippen molar-refractivity contribution in [2.24, 2.45) is 0 Å². The molecule has 1 saturated heterocycles. The van der Waals surface area contributed by atoms with E-state index in [1.54, 1.807) is 22.7 Å². The van der Waals surface area contributed by atoms with Crippen molar-refractivity contribution in [3.05, 3.63) is 41.3 Å². The van der Waals surface area contributed by atoms with Crippen LogP contribution in [0.15, 0.2) is 35.7 Å². The van der Waals surface area contributed by atoms with Crippen LogP contribution in [0.3, 0.4) is 0 Å². The van der Waals surface area contributed by atoms with E-state index in [9.17, 15) is 13.2 Å². The van der Waals surface area contributed by atoms with Gasteiger partial charge in [-0.25, -0.2) is 8.42 Å². The van der Waals surface area contributed by atoms with Crippen LogP contribution in [0.2, 0.25) is 0 Å². The number of piperidine rings is 1. The molecule has 1 N–H and O–H groups in total. The first-order valence-electron chi connectivity index (χ1n) is 8.55. The molecule has 0 radical (unpaired) electrons. The quantitative estimate of drug-likeness (QED) is 0.751. The van der Waals surface area contributed by atoms with Gasteiger partial charge in [-0.3, -0.25) is 4.79 Å². The summed E-state index contributed by atoms with van der Waals surface area (Å²) < 4.78 is 27.4. The number of nitrogens with one attached hydrogen (secondary N) is 1. The Morgan fingerprint density at radius 2 is 1.92 bits per heavy atom. The first kappa shape index (κ1) is 20.0. The van der Waals surface area contributed by atoms with Crippen molar-refractivity contribution in [3.8, 4) is 0 Å². The normalized spacial score (nSPS) is 16.9. The van der Waals surface area contributed by atoms with Crippen molar-refractivity contribution in [1.82, 2.24) is 9.62 Å². The number of likely N-dealkylation sites (tertiary alicyclic amines) is 1. The fraction of sp³-hybridized carbons (Fsp3) is 0.500. The summed E-state index contributed by atoms with van der Waals surface area (Å²) in [6.45, 7) is 1.44. The molecule has 0 aliphatic carbocycles. The highest BCUT2D eigenvalue weighted by Crippen LogP contribution is 2.13. The third-order valence-corrected chi connectivity index (χ3v) is 5.87. The molecular weight excluding hydrogens is 356 g/mol. The van der Waals surface area contributed by atoms with E-state index in [2.05, 4.69) is 4.72 Å². The van der Waals surface area contributed by atoms with Crippen molar-refractivity contribution in [2.45, 2.75) is 31.7 Å². The molecule has 2 rings (SSSR count). The molecule has 25 heavy (non-hydrogen) atoms. The maximum Gasteiger partial charge on any atom is 0.240 e. The number of hydrogen-bond donors (Lipinski definition) is 1. The number of hydrogen-bond acceptors (Lipinski definition) is 4. The first-order chi connectivity index (χ1) is 12.0. The van der Waals surface area contributed by atoms with Crippen molar-refractivity contribution in [1.29, 1.82) is 0 Å². The zero-order valence-electron chi connectivity index (χ0n) is 14.6. The molecule has 0 saturated carbocycles. The van der Waals surface area contributed by atoms with Crippen LogP contribution < -0.4 is 4.72 Å². The van der Waals surface area contributed by atoms with E-state index in [1.807, 2.05) is 36.6 Å². The van der Waals surface area contributed by atoms with Gasteiger partial charge in [-0.05, 0) is 49.3 Å². The van der Waals surface area contributed by atoms with E-state index < -0.39 is 16.1 Å². The van der Waals surface area contributed by atoms with Crippen LogP contribution >= 0.6 is 11.8 Å². The van der Waals surface area contributed by atoms with Crippen LogP contribution in [0.1, 0.15) is 31.2 Å². The predicted molar refractivity (Wildman–Crippen MR) is 105 cm³/mol. The van der Waals surface area contributed by atoms with Crippen LogP contribution in [-0.4, -0.2) is 50.4 Å². The fourth-order valence-corrected chi connectivity index (χ4v) is 4.27. The minimum Gasteiger partial charge on any atom is -0.341 e. The Morgan fingerprint density at radius 3 is 2.56 bits per heavy atom. The lowest BCUT2D eigenvalue weighted by atomic mass is 10.1. The first-order valence-corrected chi connectivity index (χ1v) is 11.5. The molecule has 0 spiro atoms. The van der Waals surface area contributed by atoms with E-state index in [0.717, 1.165) is 49.1 Å². The number of sulfonamides is 1. The van der Waals surface area contributed by atoms with Crippen molar-refractivity contribution < 1.29 is 13.2 Å². The molecule has 0 aromatic heterocycles. The number of carbonyl (C=O) groups excluding carboxylic acids is 1. The Kier molecular flexibility index (Phi) is 7.99. The monoisotopic (exact) mass is 382 g/mol. The van der Waals surface area contributed by atoms with Crippen molar-refractivity contribution in [2.75, 3.05) is 25.1 Å². The lowest BCUT2D eigenvalue weighted by Crippen LogP contribution is -2.49. The van der Waals surface area contributed by atoms with Gasteiger partial charge in [0.15, 0.2) is 0 Å². The summed E-state index contributed by atoms with van der Waals surface area (Å²) in [5.74, 6) is 0.625. The van der Waals surface area contributed by atoms with Crippen LogP contribution in [0.4, 0.5) is 0 Å². The molecule has 1 heterocycles. The summed E-state index contributed by atoms with van der Waals surface area (Å²) in [7, 11) is -3.68. The fourth-order valence-electron chi connectivity index (χ4n) is 2.77. The van der Waals surface area contributed by atoms with Crippen LogP contribution in [0, 0.1) is 0 Å². The molecule has 1 aromatic rings. The largest absolute Gasteiger partial charge is 0.341 e. The Bertz CT molecular complexity index is 669. The van der Waals surface area contributed by atoms with Gasteiger partial charge < -0.3 is 4.90 Å². The summed E-state index contributed by atoms with van der Waals surface area (Å²) >= 11 is 1.61. The molecule has 1 aliphatic rings. The maximum absolute atomic E-state index is 12.7. The highest BCUT2D eigenvalue weighted by molar-refractivity contribution is 7.98. The van der Waals surface area contributed by atoms with E-state index in [-0.39, 0.29) is 5.91 Å². The van der Waals surface area contributed by atoms with Gasteiger partial charge in [0.05, 0.1) is 0 Å². The lowest BCUT2D eigenvalue weighted by molar-refractivity contribution is -0.133. The molecular formula is C18H26N2O3S2. The summed E-state index contributed by atoms with van der Waals surface area (Å²) in [5.41, 5.74) is 0.802. The summed E-state index contributed by atoms with van der Waals surface area (Å²) in [6, 6.07) is 8.53. The van der Waals surface area contributed by atoms with Crippen LogP contribution in [0.25, 0.3) is 6.08 Å². The minimum atomic E-state index is -3.68. The maximum atomic E-state index is 12.7.